The third-order valence-corrected chi connectivity index (χ3v) is 1.56. The van der Waals surface area contributed by atoms with Gasteiger partial charge in [0.1, 0.15) is 0 Å². The van der Waals surface area contributed by atoms with Crippen LogP contribution in [0.1, 0.15) is 10.4 Å². The molecule has 0 saturated heterocycles. The Morgan fingerprint density at radius 2 is 2.20 bits per heavy atom. The molecule has 1 amide bonds. The number of fused-ring (bicyclic) bond motifs is 2. The van der Waals surface area contributed by atoms with Crippen LogP contribution in [0.15, 0.2) is 18.2 Å². The van der Waals surface area contributed by atoms with E-state index in [1.165, 1.54) is 0 Å². The minimum Gasteiger partial charge on any atom is -0.397 e. The Morgan fingerprint density at radius 1 is 1.40 bits per heavy atom. The minimum atomic E-state index is -0.0632. The number of nitrogens with two attached hydrogens (primary N) is 1. The molecule has 0 atom stereocenters. The summed E-state index contributed by atoms with van der Waals surface area (Å²) in [6.45, 7) is 0. The monoisotopic (exact) mass is 134 g/mol. The fourth-order valence-corrected chi connectivity index (χ4v) is 1.00. The van der Waals surface area contributed by atoms with Gasteiger partial charge < -0.3 is 11.1 Å². The Hall–Kier alpha value is -1.51. The van der Waals surface area contributed by atoms with E-state index in [-0.39, 0.29) is 5.91 Å². The number of benzene rings is 1. The number of nitrogens with one attached hydrogen (secondary N) is 1. The number of nitrogen functional groups attached to an aromatic ring is 1. The van der Waals surface area contributed by atoms with Gasteiger partial charge in [-0.2, -0.15) is 0 Å². The van der Waals surface area contributed by atoms with Crippen molar-refractivity contribution in [2.24, 2.45) is 0 Å². The van der Waals surface area contributed by atoms with Crippen LogP contribution < -0.4 is 11.1 Å². The maximum absolute atomic E-state index is 10.9. The normalized spacial score (nSPS) is 13.4. The van der Waals surface area contributed by atoms with Crippen molar-refractivity contribution in [1.29, 1.82) is 0 Å². The first kappa shape index (κ1) is 5.29. The Balaban J connectivity index is 2.68. The quantitative estimate of drug-likeness (QED) is 0.516. The lowest BCUT2D eigenvalue weighted by Crippen LogP contribution is -2.03. The zero-order valence-electron chi connectivity index (χ0n) is 5.22. The highest BCUT2D eigenvalue weighted by Crippen LogP contribution is 2.25. The highest BCUT2D eigenvalue weighted by atomic mass is 16.1. The van der Waals surface area contributed by atoms with E-state index >= 15 is 0 Å². The summed E-state index contributed by atoms with van der Waals surface area (Å²) >= 11 is 0. The first-order valence-electron chi connectivity index (χ1n) is 2.98. The minimum absolute atomic E-state index is 0.0632. The summed E-state index contributed by atoms with van der Waals surface area (Å²) in [4.78, 5) is 10.9. The molecule has 0 aliphatic carbocycles. The lowest BCUT2D eigenvalue weighted by atomic mass is 10.2. The van der Waals surface area contributed by atoms with Gasteiger partial charge in [0.05, 0.1) is 11.4 Å². The summed E-state index contributed by atoms with van der Waals surface area (Å²) in [6, 6.07) is 5.18. The highest BCUT2D eigenvalue weighted by Gasteiger charge is 2.16. The van der Waals surface area contributed by atoms with E-state index in [0.29, 0.717) is 11.3 Å². The van der Waals surface area contributed by atoms with Gasteiger partial charge >= 0.3 is 0 Å². The molecule has 1 aliphatic rings. The van der Waals surface area contributed by atoms with Crippen molar-refractivity contribution < 1.29 is 4.79 Å². The zero-order valence-corrected chi connectivity index (χ0v) is 5.22. The molecule has 3 nitrogen and oxygen atoms in total. The van der Waals surface area contributed by atoms with Crippen molar-refractivity contribution >= 4 is 17.3 Å². The largest absolute Gasteiger partial charge is 0.397 e. The van der Waals surface area contributed by atoms with Crippen LogP contribution in [0.2, 0.25) is 0 Å². The molecule has 0 unspecified atom stereocenters. The first-order chi connectivity index (χ1) is 4.77. The fourth-order valence-electron chi connectivity index (χ4n) is 1.00. The predicted molar refractivity (Wildman–Crippen MR) is 38.8 cm³/mol. The second-order valence-electron chi connectivity index (χ2n) is 2.26. The van der Waals surface area contributed by atoms with Crippen LogP contribution in [0, 0.1) is 0 Å². The number of carbonyl (C=O) groups is 1. The van der Waals surface area contributed by atoms with Gasteiger partial charge in [-0.25, -0.2) is 0 Å². The maximum Gasteiger partial charge on any atom is 0.255 e. The van der Waals surface area contributed by atoms with Gasteiger partial charge in [-0.1, -0.05) is 0 Å². The van der Waals surface area contributed by atoms with Gasteiger partial charge in [-0.05, 0) is 18.2 Å². The molecule has 1 aromatic carbocycles. The smallest absolute Gasteiger partial charge is 0.255 e. The number of anilines is 2. The van der Waals surface area contributed by atoms with Gasteiger partial charge in [-0.3, -0.25) is 4.79 Å². The number of amides is 1. The third-order valence-electron chi connectivity index (χ3n) is 1.56. The van der Waals surface area contributed by atoms with Gasteiger partial charge in [0.2, 0.25) is 0 Å². The SMILES string of the molecule is Nc1ccc2cc1NC2=O. The number of hydrogen-bond acceptors (Lipinski definition) is 2. The van der Waals surface area contributed by atoms with E-state index in [1.54, 1.807) is 18.2 Å². The second-order valence-corrected chi connectivity index (χ2v) is 2.26. The topological polar surface area (TPSA) is 55.1 Å². The molecule has 1 aliphatic heterocycles. The molecular formula is C7H6N2O. The first-order valence-corrected chi connectivity index (χ1v) is 2.98. The fraction of sp³-hybridized carbons (Fsp3) is 0. The second kappa shape index (κ2) is 1.50. The molecule has 10 heavy (non-hydrogen) atoms. The van der Waals surface area contributed by atoms with E-state index in [2.05, 4.69) is 5.32 Å². The van der Waals surface area contributed by atoms with Crippen LogP contribution in [-0.2, 0) is 0 Å². The summed E-state index contributed by atoms with van der Waals surface area (Å²) in [5.74, 6) is -0.0632. The van der Waals surface area contributed by atoms with Crippen LogP contribution in [0.5, 0.6) is 0 Å². The van der Waals surface area contributed by atoms with Crippen molar-refractivity contribution in [1.82, 2.24) is 0 Å². The molecule has 1 aromatic rings. The van der Waals surface area contributed by atoms with E-state index in [4.69, 9.17) is 5.73 Å². The Kier molecular flexibility index (Phi) is 0.795. The lowest BCUT2D eigenvalue weighted by molar-refractivity contribution is 0.103. The average molecular weight is 134 g/mol. The van der Waals surface area contributed by atoms with E-state index in [9.17, 15) is 4.79 Å². The van der Waals surface area contributed by atoms with Crippen molar-refractivity contribution in [2.45, 2.75) is 0 Å². The summed E-state index contributed by atoms with van der Waals surface area (Å²) < 4.78 is 0. The van der Waals surface area contributed by atoms with E-state index in [1.807, 2.05) is 0 Å². The summed E-state index contributed by atoms with van der Waals surface area (Å²) in [5, 5.41) is 2.63. The molecule has 0 saturated carbocycles. The van der Waals surface area contributed by atoms with Crippen LogP contribution in [0.25, 0.3) is 0 Å². The molecule has 1 heterocycles. The molecule has 2 bridgehead atoms. The van der Waals surface area contributed by atoms with Crippen LogP contribution in [-0.4, -0.2) is 5.91 Å². The molecule has 0 fully saturated rings. The molecule has 0 aromatic heterocycles. The van der Waals surface area contributed by atoms with Crippen molar-refractivity contribution in [2.75, 3.05) is 11.1 Å². The zero-order chi connectivity index (χ0) is 7.14. The molecule has 0 spiro atoms. The van der Waals surface area contributed by atoms with Crippen molar-refractivity contribution in [3.8, 4) is 0 Å². The van der Waals surface area contributed by atoms with Crippen molar-refractivity contribution in [3.05, 3.63) is 23.8 Å². The summed E-state index contributed by atoms with van der Waals surface area (Å²) in [7, 11) is 0. The number of hydrogen-bond donors (Lipinski definition) is 2. The van der Waals surface area contributed by atoms with Crippen LogP contribution >= 0.6 is 0 Å². The summed E-state index contributed by atoms with van der Waals surface area (Å²) in [6.07, 6.45) is 0. The van der Waals surface area contributed by atoms with Gasteiger partial charge in [-0.15, -0.1) is 0 Å². The van der Waals surface area contributed by atoms with Gasteiger partial charge in [0.25, 0.3) is 5.91 Å². The van der Waals surface area contributed by atoms with E-state index < -0.39 is 0 Å². The highest BCUT2D eigenvalue weighted by molar-refractivity contribution is 6.11. The summed E-state index contributed by atoms with van der Waals surface area (Å²) in [5.41, 5.74) is 7.54. The Morgan fingerprint density at radius 3 is 2.90 bits per heavy atom. The maximum atomic E-state index is 10.9. The Labute approximate surface area is 57.8 Å². The standard InChI is InChI=1S/C7H6N2O/c8-5-2-1-4-3-6(5)9-7(4)10/h1-3H,8H2,(H,9,10). The molecule has 3 heteroatoms. The lowest BCUT2D eigenvalue weighted by Gasteiger charge is -1.94. The van der Waals surface area contributed by atoms with Gasteiger partial charge in [0, 0.05) is 5.56 Å². The van der Waals surface area contributed by atoms with Crippen molar-refractivity contribution in [3.63, 3.8) is 0 Å². The van der Waals surface area contributed by atoms with E-state index in [0.717, 1.165) is 5.69 Å². The Bertz CT molecular complexity index is 306. The molecule has 50 valence electrons. The predicted octanol–water partition coefficient (Wildman–Crippen LogP) is 0.835. The molecule has 0 radical (unpaired) electrons. The number of rotatable bonds is 0. The molecule has 2 rings (SSSR count). The average Bonchev–Trinajstić information content (AvgIpc) is 2.21. The van der Waals surface area contributed by atoms with Crippen LogP contribution in [0.3, 0.4) is 0 Å². The molecule has 3 N–H and O–H groups in total. The third kappa shape index (κ3) is 0.515. The number of carbonyl (C=O) groups excluding carboxylic acids is 1. The molecular weight excluding hydrogens is 128 g/mol. The van der Waals surface area contributed by atoms with Crippen LogP contribution in [0.4, 0.5) is 11.4 Å². The van der Waals surface area contributed by atoms with Gasteiger partial charge in [0.15, 0.2) is 0 Å².